The summed E-state index contributed by atoms with van der Waals surface area (Å²) in [6.07, 6.45) is 1.89. The molecular weight excluding hydrogens is 282 g/mol. The predicted octanol–water partition coefficient (Wildman–Crippen LogP) is 0.899. The predicted molar refractivity (Wildman–Crippen MR) is 80.8 cm³/mol. The second-order valence-electron chi connectivity index (χ2n) is 5.51. The first kappa shape index (κ1) is 14.2. The fourth-order valence-corrected chi connectivity index (χ4v) is 2.56. The monoisotopic (exact) mass is 299 g/mol. The quantitative estimate of drug-likeness (QED) is 0.913. The van der Waals surface area contributed by atoms with Crippen molar-refractivity contribution in [3.8, 4) is 11.4 Å². The van der Waals surface area contributed by atoms with Gasteiger partial charge in [-0.25, -0.2) is 0 Å². The van der Waals surface area contributed by atoms with Crippen molar-refractivity contribution in [2.24, 2.45) is 13.0 Å². The van der Waals surface area contributed by atoms with E-state index in [0.29, 0.717) is 12.2 Å². The molecule has 0 spiro atoms. The first-order valence-electron chi connectivity index (χ1n) is 7.04. The van der Waals surface area contributed by atoms with Gasteiger partial charge in [0.1, 0.15) is 6.33 Å². The molecule has 1 atom stereocenters. The normalized spacial score (nSPS) is 17.8. The van der Waals surface area contributed by atoms with Crippen LogP contribution in [0.3, 0.4) is 0 Å². The molecule has 3 rings (SSSR count). The molecule has 1 N–H and O–H groups in total. The highest BCUT2D eigenvalue weighted by atomic mass is 16.2. The van der Waals surface area contributed by atoms with Gasteiger partial charge in [0.05, 0.1) is 5.92 Å². The van der Waals surface area contributed by atoms with E-state index in [4.69, 9.17) is 0 Å². The maximum atomic E-state index is 12.2. The van der Waals surface area contributed by atoms with E-state index in [1.807, 2.05) is 35.9 Å². The van der Waals surface area contributed by atoms with Crippen molar-refractivity contribution in [3.63, 3.8) is 0 Å². The van der Waals surface area contributed by atoms with Gasteiger partial charge in [-0.15, -0.1) is 10.2 Å². The summed E-state index contributed by atoms with van der Waals surface area (Å²) in [5, 5.41) is 10.8. The highest BCUT2D eigenvalue weighted by Gasteiger charge is 2.32. The van der Waals surface area contributed by atoms with Crippen LogP contribution in [0.1, 0.15) is 6.42 Å². The summed E-state index contributed by atoms with van der Waals surface area (Å²) in [6.45, 7) is 0.466. The van der Waals surface area contributed by atoms with E-state index in [9.17, 15) is 9.59 Å². The number of aromatic nitrogens is 3. The van der Waals surface area contributed by atoms with Gasteiger partial charge in [0.15, 0.2) is 5.82 Å². The molecule has 7 nitrogen and oxygen atoms in total. The van der Waals surface area contributed by atoms with Gasteiger partial charge in [0.2, 0.25) is 11.8 Å². The van der Waals surface area contributed by atoms with E-state index in [-0.39, 0.29) is 24.2 Å². The third-order valence-electron chi connectivity index (χ3n) is 3.81. The molecule has 22 heavy (non-hydrogen) atoms. The Morgan fingerprint density at radius 1 is 1.36 bits per heavy atom. The highest BCUT2D eigenvalue weighted by Crippen LogP contribution is 2.22. The van der Waals surface area contributed by atoms with Crippen LogP contribution < -0.4 is 5.32 Å². The van der Waals surface area contributed by atoms with Gasteiger partial charge >= 0.3 is 0 Å². The fourth-order valence-electron chi connectivity index (χ4n) is 2.56. The maximum Gasteiger partial charge on any atom is 0.229 e. The average Bonchev–Trinajstić information content (AvgIpc) is 3.06. The number of anilines is 1. The van der Waals surface area contributed by atoms with E-state index in [1.54, 1.807) is 18.3 Å². The van der Waals surface area contributed by atoms with Crippen molar-refractivity contribution in [1.29, 1.82) is 0 Å². The Morgan fingerprint density at radius 3 is 2.82 bits per heavy atom. The minimum atomic E-state index is -0.295. The number of benzene rings is 1. The molecule has 0 bridgehead atoms. The smallest absolute Gasteiger partial charge is 0.229 e. The molecule has 0 radical (unpaired) electrons. The molecule has 1 aromatic heterocycles. The summed E-state index contributed by atoms with van der Waals surface area (Å²) >= 11 is 0. The third kappa shape index (κ3) is 2.69. The molecule has 2 heterocycles. The lowest BCUT2D eigenvalue weighted by Gasteiger charge is -2.11. The number of carbonyl (C=O) groups excluding carboxylic acids is 2. The molecule has 1 aliphatic rings. The van der Waals surface area contributed by atoms with Crippen LogP contribution in [0.5, 0.6) is 0 Å². The molecule has 0 unspecified atom stereocenters. The Morgan fingerprint density at radius 2 is 2.18 bits per heavy atom. The van der Waals surface area contributed by atoms with Gasteiger partial charge in [-0.05, 0) is 12.1 Å². The van der Waals surface area contributed by atoms with Gasteiger partial charge in [-0.1, -0.05) is 12.1 Å². The molecule has 1 aliphatic heterocycles. The Labute approximate surface area is 127 Å². The summed E-state index contributed by atoms with van der Waals surface area (Å²) in [4.78, 5) is 25.3. The molecule has 2 aromatic rings. The van der Waals surface area contributed by atoms with Crippen LogP contribution in [-0.2, 0) is 16.6 Å². The zero-order chi connectivity index (χ0) is 15.7. The van der Waals surface area contributed by atoms with Gasteiger partial charge in [0.25, 0.3) is 0 Å². The molecule has 2 amide bonds. The molecular formula is C15H17N5O2. The van der Waals surface area contributed by atoms with E-state index in [0.717, 1.165) is 11.4 Å². The highest BCUT2D eigenvalue weighted by molar-refractivity contribution is 5.97. The number of aryl methyl sites for hydroxylation is 1. The molecule has 0 saturated carbocycles. The number of hydrogen-bond acceptors (Lipinski definition) is 4. The Balaban J connectivity index is 1.75. The van der Waals surface area contributed by atoms with E-state index >= 15 is 0 Å². The molecule has 1 aromatic carbocycles. The SMILES string of the molecule is CN1C[C@H](C(=O)Nc2cccc(-c3nncn3C)c2)CC1=O. The number of likely N-dealkylation sites (tertiary alicyclic amines) is 1. The second-order valence-corrected chi connectivity index (χ2v) is 5.51. The lowest BCUT2D eigenvalue weighted by molar-refractivity contribution is -0.127. The standard InChI is InChI=1S/C15H17N5O2/c1-19-8-11(7-13(19)21)15(22)17-12-5-3-4-10(6-12)14-18-16-9-20(14)2/h3-6,9,11H,7-8H2,1-2H3,(H,17,22)/t11-/m1/s1. The summed E-state index contributed by atoms with van der Waals surface area (Å²) in [6, 6.07) is 7.43. The van der Waals surface area contributed by atoms with Gasteiger partial charge in [-0.2, -0.15) is 0 Å². The average molecular weight is 299 g/mol. The summed E-state index contributed by atoms with van der Waals surface area (Å²) in [5.74, 6) is 0.309. The molecule has 1 fully saturated rings. The van der Waals surface area contributed by atoms with Crippen molar-refractivity contribution in [2.75, 3.05) is 18.9 Å². The van der Waals surface area contributed by atoms with Crippen molar-refractivity contribution in [1.82, 2.24) is 19.7 Å². The minimum absolute atomic E-state index is 0.00739. The van der Waals surface area contributed by atoms with Crippen LogP contribution >= 0.6 is 0 Å². The van der Waals surface area contributed by atoms with Gasteiger partial charge in [0, 0.05) is 38.3 Å². The van der Waals surface area contributed by atoms with Crippen LogP contribution in [0.4, 0.5) is 5.69 Å². The van der Waals surface area contributed by atoms with Crippen molar-refractivity contribution in [3.05, 3.63) is 30.6 Å². The topological polar surface area (TPSA) is 80.1 Å². The van der Waals surface area contributed by atoms with Crippen molar-refractivity contribution in [2.45, 2.75) is 6.42 Å². The van der Waals surface area contributed by atoms with Gasteiger partial charge < -0.3 is 14.8 Å². The third-order valence-corrected chi connectivity index (χ3v) is 3.81. The number of carbonyl (C=O) groups is 2. The Bertz CT molecular complexity index is 724. The largest absolute Gasteiger partial charge is 0.345 e. The van der Waals surface area contributed by atoms with Crippen LogP contribution in [-0.4, -0.2) is 45.1 Å². The van der Waals surface area contributed by atoms with E-state index in [1.165, 1.54) is 0 Å². The van der Waals surface area contributed by atoms with E-state index in [2.05, 4.69) is 15.5 Å². The fraction of sp³-hybridized carbons (Fsp3) is 0.333. The lowest BCUT2D eigenvalue weighted by Crippen LogP contribution is -2.25. The maximum absolute atomic E-state index is 12.2. The number of amides is 2. The van der Waals surface area contributed by atoms with Gasteiger partial charge in [-0.3, -0.25) is 9.59 Å². The number of hydrogen-bond donors (Lipinski definition) is 1. The number of nitrogens with zero attached hydrogens (tertiary/aromatic N) is 4. The molecule has 7 heteroatoms. The zero-order valence-corrected chi connectivity index (χ0v) is 12.5. The molecule has 114 valence electrons. The number of nitrogens with one attached hydrogen (secondary N) is 1. The molecule has 0 aliphatic carbocycles. The summed E-state index contributed by atoms with van der Waals surface area (Å²) in [5.41, 5.74) is 1.56. The van der Waals surface area contributed by atoms with Crippen molar-refractivity contribution < 1.29 is 9.59 Å². The Hall–Kier alpha value is -2.70. The molecule has 1 saturated heterocycles. The minimum Gasteiger partial charge on any atom is -0.345 e. The van der Waals surface area contributed by atoms with Crippen LogP contribution in [0.15, 0.2) is 30.6 Å². The van der Waals surface area contributed by atoms with Crippen molar-refractivity contribution >= 4 is 17.5 Å². The first-order valence-corrected chi connectivity index (χ1v) is 7.04. The summed E-state index contributed by atoms with van der Waals surface area (Å²) < 4.78 is 1.81. The second kappa shape index (κ2) is 5.59. The van der Waals surface area contributed by atoms with E-state index < -0.39 is 0 Å². The van der Waals surface area contributed by atoms with Crippen LogP contribution in [0.25, 0.3) is 11.4 Å². The first-order chi connectivity index (χ1) is 10.5. The van der Waals surface area contributed by atoms with Crippen LogP contribution in [0, 0.1) is 5.92 Å². The summed E-state index contributed by atoms with van der Waals surface area (Å²) in [7, 11) is 3.57. The Kier molecular flexibility index (Phi) is 3.62. The lowest BCUT2D eigenvalue weighted by atomic mass is 10.1. The zero-order valence-electron chi connectivity index (χ0n) is 12.5. The number of rotatable bonds is 3. The van der Waals surface area contributed by atoms with Crippen LogP contribution in [0.2, 0.25) is 0 Å².